The van der Waals surface area contributed by atoms with Crippen molar-refractivity contribution < 1.29 is 19.1 Å². The summed E-state index contributed by atoms with van der Waals surface area (Å²) in [4.78, 5) is 36.9. The first-order valence-electron chi connectivity index (χ1n) is 9.17. The third kappa shape index (κ3) is 4.49. The van der Waals surface area contributed by atoms with Crippen LogP contribution < -0.4 is 10.1 Å². The topological polar surface area (TPSA) is 75.7 Å². The Morgan fingerprint density at radius 2 is 1.83 bits per heavy atom. The molecule has 152 valence electrons. The van der Waals surface area contributed by atoms with Crippen LogP contribution in [0.2, 0.25) is 0 Å². The van der Waals surface area contributed by atoms with E-state index in [1.165, 1.54) is 4.90 Å². The van der Waals surface area contributed by atoms with E-state index >= 15 is 0 Å². The molecule has 1 saturated heterocycles. The van der Waals surface area contributed by atoms with Crippen LogP contribution in [0.3, 0.4) is 0 Å². The molecule has 4 rings (SSSR count). The molecule has 0 saturated carbocycles. The summed E-state index contributed by atoms with van der Waals surface area (Å²) in [5.41, 5.74) is 1.42. The fraction of sp³-hybridized carbons (Fsp3) is 0.136. The average molecular weight is 485 g/mol. The minimum absolute atomic E-state index is 0.132. The van der Waals surface area contributed by atoms with Gasteiger partial charge in [0.25, 0.3) is 11.1 Å². The first-order chi connectivity index (χ1) is 14.5. The number of hydrogen-bond donors (Lipinski definition) is 1. The van der Waals surface area contributed by atoms with Crippen LogP contribution in [0.1, 0.15) is 5.56 Å². The fourth-order valence-electron chi connectivity index (χ4n) is 3.08. The Hall–Kier alpha value is -2.84. The van der Waals surface area contributed by atoms with Crippen LogP contribution in [0.15, 0.2) is 65.1 Å². The highest BCUT2D eigenvalue weighted by Gasteiger charge is 2.29. The predicted octanol–water partition coefficient (Wildman–Crippen LogP) is 4.82. The van der Waals surface area contributed by atoms with Crippen LogP contribution in [0.25, 0.3) is 10.8 Å². The standard InChI is InChI=1S/C22H17BrN2O4S/c23-21-17-4-2-1-3-15(17)7-10-18(21)29-12-19(26)24-16-8-5-14(6-9-16)11-25-20(27)13-30-22(25)28/h1-10H,11-13H2,(H,24,26). The van der Waals surface area contributed by atoms with Gasteiger partial charge in [-0.25, -0.2) is 0 Å². The van der Waals surface area contributed by atoms with Gasteiger partial charge < -0.3 is 10.1 Å². The third-order valence-corrected chi connectivity index (χ3v) is 6.28. The van der Waals surface area contributed by atoms with Crippen molar-refractivity contribution in [3.05, 3.63) is 70.7 Å². The average Bonchev–Trinajstić information content (AvgIpc) is 3.07. The van der Waals surface area contributed by atoms with Crippen LogP contribution >= 0.6 is 27.7 Å². The highest BCUT2D eigenvalue weighted by atomic mass is 79.9. The second kappa shape index (κ2) is 8.89. The first kappa shape index (κ1) is 20.4. The van der Waals surface area contributed by atoms with Gasteiger partial charge in [-0.1, -0.05) is 54.2 Å². The lowest BCUT2D eigenvalue weighted by Crippen LogP contribution is -2.27. The Kier molecular flexibility index (Phi) is 6.06. The molecule has 1 heterocycles. The van der Waals surface area contributed by atoms with Gasteiger partial charge in [0.1, 0.15) is 5.75 Å². The zero-order chi connectivity index (χ0) is 21.1. The van der Waals surface area contributed by atoms with Crippen molar-refractivity contribution >= 4 is 61.2 Å². The molecule has 3 aromatic rings. The number of amides is 3. The van der Waals surface area contributed by atoms with E-state index in [9.17, 15) is 14.4 Å². The lowest BCUT2D eigenvalue weighted by atomic mass is 10.1. The number of imide groups is 1. The first-order valence-corrected chi connectivity index (χ1v) is 10.9. The maximum Gasteiger partial charge on any atom is 0.289 e. The van der Waals surface area contributed by atoms with Crippen molar-refractivity contribution in [2.45, 2.75) is 6.54 Å². The SMILES string of the molecule is O=C(COc1ccc2ccccc2c1Br)Nc1ccc(CN2C(=O)CSC2=O)cc1. The molecular weight excluding hydrogens is 468 g/mol. The van der Waals surface area contributed by atoms with Crippen molar-refractivity contribution in [3.63, 3.8) is 0 Å². The number of anilines is 1. The Balaban J connectivity index is 1.34. The van der Waals surface area contributed by atoms with E-state index in [1.807, 2.05) is 36.4 Å². The largest absolute Gasteiger partial charge is 0.483 e. The van der Waals surface area contributed by atoms with E-state index in [0.717, 1.165) is 32.6 Å². The Morgan fingerprint density at radius 3 is 2.57 bits per heavy atom. The van der Waals surface area contributed by atoms with Gasteiger partial charge in [-0.2, -0.15) is 0 Å². The second-order valence-electron chi connectivity index (χ2n) is 6.67. The summed E-state index contributed by atoms with van der Waals surface area (Å²) in [5.74, 6) is 0.320. The molecule has 0 radical (unpaired) electrons. The Labute approximate surface area is 185 Å². The van der Waals surface area contributed by atoms with E-state index in [2.05, 4.69) is 21.2 Å². The molecule has 3 amide bonds. The molecule has 0 bridgehead atoms. The number of carbonyl (C=O) groups is 3. The molecule has 8 heteroatoms. The van der Waals surface area contributed by atoms with Crippen molar-refractivity contribution in [2.24, 2.45) is 0 Å². The molecule has 0 atom stereocenters. The summed E-state index contributed by atoms with van der Waals surface area (Å²) in [6.45, 7) is 0.102. The van der Waals surface area contributed by atoms with Gasteiger partial charge >= 0.3 is 0 Å². The molecule has 1 N–H and O–H groups in total. The van der Waals surface area contributed by atoms with Crippen LogP contribution in [0.5, 0.6) is 5.75 Å². The number of nitrogens with one attached hydrogen (secondary N) is 1. The summed E-state index contributed by atoms with van der Waals surface area (Å²) in [6.07, 6.45) is 0. The zero-order valence-electron chi connectivity index (χ0n) is 15.8. The molecule has 0 aromatic heterocycles. The number of nitrogens with zero attached hydrogens (tertiary/aromatic N) is 1. The summed E-state index contributed by atoms with van der Waals surface area (Å²) < 4.78 is 6.48. The second-order valence-corrected chi connectivity index (χ2v) is 8.39. The third-order valence-electron chi connectivity index (χ3n) is 4.61. The number of fused-ring (bicyclic) bond motifs is 1. The summed E-state index contributed by atoms with van der Waals surface area (Å²) in [7, 11) is 0. The normalized spacial score (nSPS) is 13.7. The molecule has 1 aliphatic heterocycles. The highest BCUT2D eigenvalue weighted by Crippen LogP contribution is 2.33. The number of rotatable bonds is 6. The number of hydrogen-bond acceptors (Lipinski definition) is 5. The highest BCUT2D eigenvalue weighted by molar-refractivity contribution is 9.10. The molecular formula is C22H17BrN2O4S. The number of halogens is 1. The van der Waals surface area contributed by atoms with E-state index in [1.54, 1.807) is 24.3 Å². The summed E-state index contributed by atoms with van der Waals surface area (Å²) in [5, 5.41) is 4.64. The van der Waals surface area contributed by atoms with Crippen molar-refractivity contribution in [2.75, 3.05) is 17.7 Å². The van der Waals surface area contributed by atoms with Gasteiger partial charge in [0.2, 0.25) is 5.91 Å². The lowest BCUT2D eigenvalue weighted by molar-refractivity contribution is -0.125. The maximum absolute atomic E-state index is 12.3. The summed E-state index contributed by atoms with van der Waals surface area (Å²) in [6, 6.07) is 18.7. The number of benzene rings is 3. The van der Waals surface area contributed by atoms with Crippen molar-refractivity contribution in [1.82, 2.24) is 4.90 Å². The van der Waals surface area contributed by atoms with Gasteiger partial charge in [-0.05, 0) is 50.5 Å². The molecule has 30 heavy (non-hydrogen) atoms. The van der Waals surface area contributed by atoms with Crippen molar-refractivity contribution in [3.8, 4) is 5.75 Å². The van der Waals surface area contributed by atoms with E-state index < -0.39 is 0 Å². The number of thioether (sulfide) groups is 1. The molecule has 6 nitrogen and oxygen atoms in total. The smallest absolute Gasteiger partial charge is 0.289 e. The van der Waals surface area contributed by atoms with E-state index in [0.29, 0.717) is 11.4 Å². The lowest BCUT2D eigenvalue weighted by Gasteiger charge is -2.13. The van der Waals surface area contributed by atoms with Gasteiger partial charge in [0.15, 0.2) is 6.61 Å². The maximum atomic E-state index is 12.3. The molecule has 1 fully saturated rings. The van der Waals surface area contributed by atoms with E-state index in [-0.39, 0.29) is 36.0 Å². The van der Waals surface area contributed by atoms with Gasteiger partial charge in [-0.3, -0.25) is 19.3 Å². The van der Waals surface area contributed by atoms with Crippen LogP contribution in [0.4, 0.5) is 10.5 Å². The van der Waals surface area contributed by atoms with Crippen LogP contribution in [-0.4, -0.2) is 34.3 Å². The van der Waals surface area contributed by atoms with Crippen LogP contribution in [0, 0.1) is 0 Å². The van der Waals surface area contributed by atoms with E-state index in [4.69, 9.17) is 4.74 Å². The Morgan fingerprint density at radius 1 is 1.07 bits per heavy atom. The quantitative estimate of drug-likeness (QED) is 0.542. The fourth-order valence-corrected chi connectivity index (χ4v) is 4.41. The number of carbonyl (C=O) groups excluding carboxylic acids is 3. The molecule has 1 aliphatic rings. The molecule has 0 aliphatic carbocycles. The number of ether oxygens (including phenoxy) is 1. The molecule has 0 unspecified atom stereocenters. The minimum atomic E-state index is -0.288. The monoisotopic (exact) mass is 484 g/mol. The van der Waals surface area contributed by atoms with Crippen molar-refractivity contribution in [1.29, 1.82) is 0 Å². The van der Waals surface area contributed by atoms with Crippen LogP contribution in [-0.2, 0) is 16.1 Å². The molecule has 3 aromatic carbocycles. The molecule has 0 spiro atoms. The zero-order valence-corrected chi connectivity index (χ0v) is 18.2. The van der Waals surface area contributed by atoms with Gasteiger partial charge in [-0.15, -0.1) is 0 Å². The van der Waals surface area contributed by atoms with Gasteiger partial charge in [0, 0.05) is 5.69 Å². The minimum Gasteiger partial charge on any atom is -0.483 e. The Bertz CT molecular complexity index is 1120. The summed E-state index contributed by atoms with van der Waals surface area (Å²) >= 11 is 4.55. The predicted molar refractivity (Wildman–Crippen MR) is 121 cm³/mol. The van der Waals surface area contributed by atoms with Gasteiger partial charge in [0.05, 0.1) is 16.8 Å².